The maximum absolute atomic E-state index is 14.0. The number of amides is 2. The van der Waals surface area contributed by atoms with Gasteiger partial charge >= 0.3 is 6.18 Å². The molecule has 50 heteroatoms. The third-order valence-corrected chi connectivity index (χ3v) is 22.2. The van der Waals surface area contributed by atoms with E-state index in [4.69, 9.17) is 49.6 Å². The highest BCUT2D eigenvalue weighted by molar-refractivity contribution is 7.92. The van der Waals surface area contributed by atoms with Crippen LogP contribution in [0.15, 0.2) is 170 Å². The van der Waals surface area contributed by atoms with Crippen molar-refractivity contribution in [3.05, 3.63) is 239 Å². The summed E-state index contributed by atoms with van der Waals surface area (Å²) >= 11 is 0. The largest absolute Gasteiger partial charge is 0.441 e. The second-order valence-corrected chi connectivity index (χ2v) is 32.5. The summed E-state index contributed by atoms with van der Waals surface area (Å²) in [5, 5.41) is 50.8. The average molecular weight is 1900 g/mol. The third-order valence-electron chi connectivity index (χ3n) is 21.6. The van der Waals surface area contributed by atoms with Crippen molar-refractivity contribution in [3.63, 3.8) is 0 Å². The average Bonchev–Trinajstić information content (AvgIpc) is 1.61. The molecule has 2 aliphatic rings. The summed E-state index contributed by atoms with van der Waals surface area (Å²) in [4.78, 5) is 102. The highest BCUT2D eigenvalue weighted by Crippen LogP contribution is 2.40. The molecule has 0 bridgehead atoms. The Morgan fingerprint density at radius 3 is 1.42 bits per heavy atom. The Morgan fingerprint density at radius 1 is 0.489 bits per heavy atom. The highest BCUT2D eigenvalue weighted by atomic mass is 32.2. The van der Waals surface area contributed by atoms with E-state index in [2.05, 4.69) is 136 Å². The number of aromatic amines is 1. The van der Waals surface area contributed by atoms with E-state index in [0.717, 1.165) is 68.1 Å². The number of alkyl halides is 3. The second kappa shape index (κ2) is 39.2. The number of H-pyrrole nitrogens is 1. The predicted molar refractivity (Wildman–Crippen MR) is 515 cm³/mol. The van der Waals surface area contributed by atoms with Crippen molar-refractivity contribution in [1.82, 2.24) is 134 Å². The molecule has 0 fully saturated rings. The van der Waals surface area contributed by atoms with Gasteiger partial charge in [0.15, 0.2) is 51.3 Å². The molecule has 0 radical (unpaired) electrons. The summed E-state index contributed by atoms with van der Waals surface area (Å²) in [6.45, 7) is 5.57. The number of nitrogen functional groups attached to an aromatic ring is 6. The van der Waals surface area contributed by atoms with Gasteiger partial charge in [0.2, 0.25) is 10.0 Å². The summed E-state index contributed by atoms with van der Waals surface area (Å²) < 4.78 is 90.2. The van der Waals surface area contributed by atoms with Crippen LogP contribution in [-0.4, -0.2) is 189 Å². The van der Waals surface area contributed by atoms with Gasteiger partial charge in [0.05, 0.1) is 67.8 Å². The lowest BCUT2D eigenvalue weighted by Gasteiger charge is -2.12. The molecule has 13 aromatic heterocycles. The minimum atomic E-state index is -4.42. The summed E-state index contributed by atoms with van der Waals surface area (Å²) in [6, 6.07) is 31.7. The van der Waals surface area contributed by atoms with E-state index in [9.17, 15) is 40.4 Å². The van der Waals surface area contributed by atoms with Crippen molar-refractivity contribution < 1.29 is 44.8 Å². The number of halogens is 4. The third kappa shape index (κ3) is 19.9. The van der Waals surface area contributed by atoms with Crippen molar-refractivity contribution in [2.24, 2.45) is 28.2 Å². The lowest BCUT2D eigenvalue weighted by atomic mass is 9.99. The van der Waals surface area contributed by atoms with Gasteiger partial charge in [-0.15, -0.1) is 0 Å². The maximum Gasteiger partial charge on any atom is 0.416 e. The molecule has 15 heterocycles. The number of nitrogens with two attached hydrogens (primary N) is 6. The van der Waals surface area contributed by atoms with Crippen LogP contribution in [-0.2, 0) is 57.5 Å². The molecule has 139 heavy (non-hydrogen) atoms. The highest BCUT2D eigenvalue weighted by Gasteiger charge is 2.34. The van der Waals surface area contributed by atoms with Crippen LogP contribution in [0.4, 0.5) is 75.6 Å². The van der Waals surface area contributed by atoms with Gasteiger partial charge in [0.1, 0.15) is 130 Å². The van der Waals surface area contributed by atoms with E-state index >= 15 is 0 Å². The zero-order valence-electron chi connectivity index (χ0n) is 75.6. The fourth-order valence-electron chi connectivity index (χ4n) is 15.1. The number of rotatable bonds is 14. The zero-order chi connectivity index (χ0) is 99.3. The van der Waals surface area contributed by atoms with Crippen LogP contribution in [0.5, 0.6) is 0 Å². The lowest BCUT2D eigenvalue weighted by molar-refractivity contribution is -0.138. The number of sulfonamides is 1. The van der Waals surface area contributed by atoms with Crippen LogP contribution in [0.25, 0.3) is 111 Å². The van der Waals surface area contributed by atoms with Crippen molar-refractivity contribution in [1.29, 1.82) is 10.8 Å². The molecule has 2 amide bonds. The van der Waals surface area contributed by atoms with Gasteiger partial charge in [-0.1, -0.05) is 54.6 Å². The summed E-state index contributed by atoms with van der Waals surface area (Å²) in [6.07, 6.45) is 7.90. The number of fused-ring (bicyclic) bond motifs is 8. The maximum atomic E-state index is 14.0. The fraction of sp³-hybridized carbons (Fsp3) is 0.157. The van der Waals surface area contributed by atoms with E-state index in [1.807, 2.05) is 57.4 Å². The molecule has 706 valence electrons. The smallest absolute Gasteiger partial charge is 0.416 e. The number of hydrogen-bond donors (Lipinski definition) is 15. The minimum Gasteiger partial charge on any atom is -0.441 e. The first-order valence-electron chi connectivity index (χ1n) is 41.5. The first kappa shape index (κ1) is 94.9. The Balaban J connectivity index is 0.000000124. The number of anilines is 10. The van der Waals surface area contributed by atoms with Gasteiger partial charge in [-0.25, -0.2) is 111 Å². The Morgan fingerprint density at radius 2 is 0.928 bits per heavy atom. The molecular formula is C89H85F4N39O6S. The van der Waals surface area contributed by atoms with Crippen molar-refractivity contribution in [3.8, 4) is 45.0 Å². The SMILES string of the molecule is CC(=O)c1ccc(-c2nn(C)c3ncnc(N)c23)cc1F.CNc1ncnc(N)c1C(=N)c1ccc2c(c1)C(=O)NC2.CNc1ncnc(N)c1C(=N)c1ccc2c(c1)CNC2=O.CNc1ncnc2nc[nH]c12.Cc1ccc(-c2nn(C)c3ncnc(N)c23)cc1C(F)(F)F.Cc1nc2ccc(-c3nn(C)c4ncnc(N)c34)cc2o1.Cn1nc(-c2cccc(NS(C)(=O)=O)c2)c2c(N)ncnc21. The molecule has 21 rings (SSSR count). The monoisotopic (exact) mass is 1900 g/mol. The first-order valence-corrected chi connectivity index (χ1v) is 43.4. The van der Waals surface area contributed by atoms with E-state index < -0.39 is 27.6 Å². The lowest BCUT2D eigenvalue weighted by Crippen LogP contribution is -2.14. The molecule has 45 nitrogen and oxygen atoms in total. The summed E-state index contributed by atoms with van der Waals surface area (Å²) in [7, 11) is 8.84. The number of Topliss-reactive ketones (excluding diaryl/α,β-unsaturated/α-hetero) is 1. The number of hydrogen-bond acceptors (Lipinski definition) is 37. The van der Waals surface area contributed by atoms with Gasteiger partial charge in [0, 0.05) is 120 Å². The minimum absolute atomic E-state index is 0.0446. The van der Waals surface area contributed by atoms with Crippen LogP contribution in [0.3, 0.4) is 0 Å². The molecule has 0 unspecified atom stereocenters. The van der Waals surface area contributed by atoms with E-state index in [1.165, 1.54) is 81.0 Å². The molecule has 0 saturated carbocycles. The number of aromatic nitrogens is 25. The normalized spacial score (nSPS) is 11.8. The number of carbonyl (C=O) groups is 3. The standard InChI is InChI=1S/C14H12F3N5.C14H12FN5O.C14H12N6O.2C14H14N6O.C13H14N6O2S.C6H7N5/c1-7-3-4-8(5-9(7)14(15,16)17)11-10-12(18)19-6-20-13(10)22(2)21-11;1-7(21)9-4-3-8(5-10(9)15)12-11-13(16)17-6-18-14(11)20(2)19-12;1-7-18-9-4-3-8(5-10(9)21-7)12-11-13(15)16-6-17-14(11)20(2)19-12;1-17-13-10(12(16)19-6-20-13)11(15)7-2-3-9-8(4-7)5-18-14(9)21;1-17-13-10(12(16)19-6-20-13)11(15)7-2-3-8-5-18-14(21)9(8)4-7;1-19-13-10(12(14)15-7-16-13)11(17-19)8-4-3-5-9(6-8)18-22(2,20)21;1-7-5-4-6(10-2-8-4)11-3-9-5/h3-6H,1-2H3,(H2,18,19,20);3-6H,1-2H3,(H2,16,17,18);3-6H,1-2H3,(H2,15,16,17);2*2-4,6,15H,5H2,1H3,(H,18,21)(H3,16,17,19,20);3-7,18H,1-2H3,(H2,14,15,16);2-3H,1H3,(H2,7,8,9,10,11). The predicted octanol–water partition coefficient (Wildman–Crippen LogP) is 9.85. The number of benzene rings is 6. The number of nitrogens with one attached hydrogen (secondary N) is 9. The number of nitrogens with zero attached hydrogens (tertiary/aromatic N) is 24. The first-order chi connectivity index (χ1) is 66.4. The summed E-state index contributed by atoms with van der Waals surface area (Å²) in [5.74, 6) is 2.95. The Labute approximate surface area is 784 Å². The Hall–Kier alpha value is -18.7. The number of oxazole rings is 1. The van der Waals surface area contributed by atoms with Crippen LogP contribution < -0.4 is 65.7 Å². The molecular weight excluding hydrogens is 1820 g/mol. The van der Waals surface area contributed by atoms with Gasteiger partial charge in [-0.2, -0.15) is 33.6 Å². The van der Waals surface area contributed by atoms with Crippen LogP contribution in [0.1, 0.15) is 88.4 Å². The number of aryl methyl sites for hydroxylation is 6. The van der Waals surface area contributed by atoms with Gasteiger partial charge in [-0.05, 0) is 91.2 Å². The zero-order valence-corrected chi connectivity index (χ0v) is 76.4. The number of ketones is 1. The van der Waals surface area contributed by atoms with Crippen LogP contribution in [0.2, 0.25) is 0 Å². The van der Waals surface area contributed by atoms with Crippen molar-refractivity contribution in [2.75, 3.05) is 82.5 Å². The molecule has 0 atom stereocenters. The van der Waals surface area contributed by atoms with Crippen LogP contribution >= 0.6 is 0 Å². The number of carbonyl (C=O) groups excluding carboxylic acids is 3. The fourth-order valence-corrected chi connectivity index (χ4v) is 15.6. The van der Waals surface area contributed by atoms with Crippen molar-refractivity contribution >= 4 is 163 Å². The summed E-state index contributed by atoms with van der Waals surface area (Å²) in [5.41, 5.74) is 51.0. The molecule has 21 N–H and O–H groups in total. The van der Waals surface area contributed by atoms with Gasteiger partial charge in [0.25, 0.3) is 11.8 Å². The Bertz CT molecular complexity index is 8200. The van der Waals surface area contributed by atoms with E-state index in [-0.39, 0.29) is 63.4 Å². The molecule has 2 aliphatic heterocycles. The topological polar surface area (TPSA) is 668 Å². The van der Waals surface area contributed by atoms with Gasteiger partial charge in [-0.3, -0.25) is 29.9 Å². The number of imidazole rings is 1. The molecule has 19 aromatic rings. The van der Waals surface area contributed by atoms with Gasteiger partial charge < -0.3 is 70.4 Å². The van der Waals surface area contributed by atoms with E-state index in [1.54, 1.807) is 110 Å². The van der Waals surface area contributed by atoms with Crippen molar-refractivity contribution in [2.45, 2.75) is 40.0 Å². The van der Waals surface area contributed by atoms with Crippen LogP contribution in [0, 0.1) is 30.5 Å². The van der Waals surface area contributed by atoms with E-state index in [0.29, 0.717) is 154 Å². The molecule has 0 saturated heterocycles. The molecule has 0 spiro atoms. The Kier molecular flexibility index (Phi) is 26.8. The second-order valence-electron chi connectivity index (χ2n) is 30.8. The quantitative estimate of drug-likeness (QED) is 0.0273. The molecule has 0 aliphatic carbocycles. The molecule has 6 aromatic carbocycles.